The SMILES string of the molecule is CCC(C)C(Nc1ccc(OC)cc1)c1ccc(F)cc1. The maximum absolute atomic E-state index is 13.1. The van der Waals surface area contributed by atoms with Crippen LogP contribution in [0.1, 0.15) is 31.9 Å². The summed E-state index contributed by atoms with van der Waals surface area (Å²) in [6.07, 6.45) is 1.05. The van der Waals surface area contributed by atoms with Crippen LogP contribution in [-0.4, -0.2) is 7.11 Å². The first-order valence-corrected chi connectivity index (χ1v) is 7.30. The summed E-state index contributed by atoms with van der Waals surface area (Å²) in [7, 11) is 1.66. The molecule has 1 N–H and O–H groups in total. The number of hydrogen-bond acceptors (Lipinski definition) is 2. The van der Waals surface area contributed by atoms with E-state index < -0.39 is 0 Å². The molecule has 21 heavy (non-hydrogen) atoms. The summed E-state index contributed by atoms with van der Waals surface area (Å²) >= 11 is 0. The van der Waals surface area contributed by atoms with Crippen molar-refractivity contribution in [2.24, 2.45) is 5.92 Å². The number of nitrogens with one attached hydrogen (secondary N) is 1. The normalized spacial score (nSPS) is 13.5. The highest BCUT2D eigenvalue weighted by Crippen LogP contribution is 2.29. The Bertz CT molecular complexity index is 550. The fourth-order valence-electron chi connectivity index (χ4n) is 2.33. The highest BCUT2D eigenvalue weighted by atomic mass is 19.1. The van der Waals surface area contributed by atoms with Crippen molar-refractivity contribution in [1.82, 2.24) is 0 Å². The van der Waals surface area contributed by atoms with Crippen LogP contribution in [-0.2, 0) is 0 Å². The van der Waals surface area contributed by atoms with Crippen LogP contribution in [0.15, 0.2) is 48.5 Å². The lowest BCUT2D eigenvalue weighted by Crippen LogP contribution is -2.18. The van der Waals surface area contributed by atoms with Crippen molar-refractivity contribution >= 4 is 5.69 Å². The zero-order valence-electron chi connectivity index (χ0n) is 12.8. The fourth-order valence-corrected chi connectivity index (χ4v) is 2.33. The van der Waals surface area contributed by atoms with Crippen LogP contribution in [0.4, 0.5) is 10.1 Å². The van der Waals surface area contributed by atoms with Crippen molar-refractivity contribution in [2.75, 3.05) is 12.4 Å². The van der Waals surface area contributed by atoms with E-state index >= 15 is 0 Å². The van der Waals surface area contributed by atoms with Gasteiger partial charge >= 0.3 is 0 Å². The number of halogens is 1. The van der Waals surface area contributed by atoms with Gasteiger partial charge in [-0.3, -0.25) is 0 Å². The van der Waals surface area contributed by atoms with Crippen molar-refractivity contribution in [3.05, 3.63) is 59.9 Å². The van der Waals surface area contributed by atoms with Gasteiger partial charge in [0.15, 0.2) is 0 Å². The minimum absolute atomic E-state index is 0.156. The summed E-state index contributed by atoms with van der Waals surface area (Å²) < 4.78 is 18.3. The lowest BCUT2D eigenvalue weighted by Gasteiger charge is -2.26. The topological polar surface area (TPSA) is 21.3 Å². The van der Waals surface area contributed by atoms with Crippen LogP contribution in [0.3, 0.4) is 0 Å². The molecule has 112 valence electrons. The molecule has 2 unspecified atom stereocenters. The second kappa shape index (κ2) is 7.11. The van der Waals surface area contributed by atoms with Gasteiger partial charge in [0.2, 0.25) is 0 Å². The van der Waals surface area contributed by atoms with Gasteiger partial charge in [-0.1, -0.05) is 32.4 Å². The molecule has 0 aliphatic rings. The highest BCUT2D eigenvalue weighted by Gasteiger charge is 2.18. The van der Waals surface area contributed by atoms with Gasteiger partial charge in [-0.05, 0) is 47.9 Å². The number of hydrogen-bond donors (Lipinski definition) is 1. The van der Waals surface area contributed by atoms with Gasteiger partial charge in [0.05, 0.1) is 13.2 Å². The molecule has 0 saturated heterocycles. The molecule has 0 bridgehead atoms. The van der Waals surface area contributed by atoms with Crippen molar-refractivity contribution < 1.29 is 9.13 Å². The Hall–Kier alpha value is -2.03. The van der Waals surface area contributed by atoms with E-state index in [0.717, 1.165) is 23.4 Å². The van der Waals surface area contributed by atoms with Gasteiger partial charge in [0.25, 0.3) is 0 Å². The molecule has 2 aromatic rings. The Morgan fingerprint density at radius 1 is 1.05 bits per heavy atom. The number of benzene rings is 2. The molecule has 0 radical (unpaired) electrons. The fraction of sp³-hybridized carbons (Fsp3) is 0.333. The van der Waals surface area contributed by atoms with Crippen molar-refractivity contribution in [2.45, 2.75) is 26.3 Å². The number of anilines is 1. The predicted octanol–water partition coefficient (Wildman–Crippen LogP) is 5.03. The third kappa shape index (κ3) is 3.97. The third-order valence-electron chi connectivity index (χ3n) is 3.85. The van der Waals surface area contributed by atoms with Crippen LogP contribution in [0.25, 0.3) is 0 Å². The summed E-state index contributed by atoms with van der Waals surface area (Å²) in [5.74, 6) is 1.08. The molecule has 0 aliphatic heterocycles. The van der Waals surface area contributed by atoms with Gasteiger partial charge in [-0.25, -0.2) is 4.39 Å². The second-order valence-electron chi connectivity index (χ2n) is 5.29. The highest BCUT2D eigenvalue weighted by molar-refractivity contribution is 5.48. The zero-order valence-corrected chi connectivity index (χ0v) is 12.8. The Morgan fingerprint density at radius 2 is 1.67 bits per heavy atom. The molecule has 0 aliphatic carbocycles. The average Bonchev–Trinajstić information content (AvgIpc) is 2.53. The van der Waals surface area contributed by atoms with E-state index in [4.69, 9.17) is 4.74 Å². The predicted molar refractivity (Wildman–Crippen MR) is 85.2 cm³/mol. The smallest absolute Gasteiger partial charge is 0.123 e. The molecule has 0 aromatic heterocycles. The number of ether oxygens (including phenoxy) is 1. The summed E-state index contributed by atoms with van der Waals surface area (Å²) in [5.41, 5.74) is 2.13. The van der Waals surface area contributed by atoms with E-state index in [1.165, 1.54) is 12.1 Å². The maximum Gasteiger partial charge on any atom is 0.123 e. The molecular weight excluding hydrogens is 265 g/mol. The van der Waals surface area contributed by atoms with Crippen molar-refractivity contribution in [1.29, 1.82) is 0 Å². The Morgan fingerprint density at radius 3 is 2.19 bits per heavy atom. The molecule has 2 aromatic carbocycles. The van der Waals surface area contributed by atoms with Gasteiger partial charge < -0.3 is 10.1 Å². The molecule has 0 fully saturated rings. The molecule has 3 heteroatoms. The number of methoxy groups -OCH3 is 1. The second-order valence-corrected chi connectivity index (χ2v) is 5.29. The standard InChI is InChI=1S/C18H22FNO/c1-4-13(2)18(14-5-7-15(19)8-6-14)20-16-9-11-17(21-3)12-10-16/h5-13,18,20H,4H2,1-3H3. The van der Waals surface area contributed by atoms with Gasteiger partial charge in [-0.2, -0.15) is 0 Å². The van der Waals surface area contributed by atoms with Crippen LogP contribution in [0, 0.1) is 11.7 Å². The summed E-state index contributed by atoms with van der Waals surface area (Å²) in [6.45, 7) is 4.36. The van der Waals surface area contributed by atoms with E-state index in [1.54, 1.807) is 7.11 Å². The molecule has 2 atom stereocenters. The number of rotatable bonds is 6. The van der Waals surface area contributed by atoms with E-state index in [0.29, 0.717) is 5.92 Å². The molecule has 0 heterocycles. The monoisotopic (exact) mass is 287 g/mol. The maximum atomic E-state index is 13.1. The van der Waals surface area contributed by atoms with E-state index in [9.17, 15) is 4.39 Å². The summed E-state index contributed by atoms with van der Waals surface area (Å²) in [4.78, 5) is 0. The first-order chi connectivity index (χ1) is 10.1. The van der Waals surface area contributed by atoms with Gasteiger partial charge in [0.1, 0.15) is 11.6 Å². The quantitative estimate of drug-likeness (QED) is 0.804. The molecule has 2 nitrogen and oxygen atoms in total. The Labute approximate surface area is 126 Å². The van der Waals surface area contributed by atoms with Crippen LogP contribution in [0.2, 0.25) is 0 Å². The average molecular weight is 287 g/mol. The van der Waals surface area contributed by atoms with Crippen LogP contribution < -0.4 is 10.1 Å². The largest absolute Gasteiger partial charge is 0.497 e. The third-order valence-corrected chi connectivity index (χ3v) is 3.85. The minimum atomic E-state index is -0.203. The summed E-state index contributed by atoms with van der Waals surface area (Å²) in [5, 5.41) is 3.54. The van der Waals surface area contributed by atoms with Gasteiger partial charge in [-0.15, -0.1) is 0 Å². The Kier molecular flexibility index (Phi) is 5.20. The van der Waals surface area contributed by atoms with Crippen molar-refractivity contribution in [3.8, 4) is 5.75 Å². The first kappa shape index (κ1) is 15.4. The lowest BCUT2D eigenvalue weighted by atomic mass is 9.92. The molecular formula is C18H22FNO. The molecule has 0 saturated carbocycles. The van der Waals surface area contributed by atoms with E-state index in [1.807, 2.05) is 36.4 Å². The van der Waals surface area contributed by atoms with Crippen LogP contribution in [0.5, 0.6) is 5.75 Å². The van der Waals surface area contributed by atoms with Crippen molar-refractivity contribution in [3.63, 3.8) is 0 Å². The molecule has 2 rings (SSSR count). The van der Waals surface area contributed by atoms with Crippen LogP contribution >= 0.6 is 0 Å². The lowest BCUT2D eigenvalue weighted by molar-refractivity contribution is 0.415. The minimum Gasteiger partial charge on any atom is -0.497 e. The molecule has 0 amide bonds. The van der Waals surface area contributed by atoms with E-state index in [-0.39, 0.29) is 11.9 Å². The Balaban J connectivity index is 2.21. The first-order valence-electron chi connectivity index (χ1n) is 7.30. The van der Waals surface area contributed by atoms with Gasteiger partial charge in [0, 0.05) is 5.69 Å². The van der Waals surface area contributed by atoms with E-state index in [2.05, 4.69) is 19.2 Å². The zero-order chi connectivity index (χ0) is 15.2. The summed E-state index contributed by atoms with van der Waals surface area (Å²) in [6, 6.07) is 14.7. The molecule has 0 spiro atoms.